The topological polar surface area (TPSA) is 113 Å². The molecule has 2 atom stereocenters. The van der Waals surface area contributed by atoms with Gasteiger partial charge in [0.05, 0.1) is 26.2 Å². The molecule has 4 rings (SSSR count). The van der Waals surface area contributed by atoms with E-state index < -0.39 is 37.9 Å². The van der Waals surface area contributed by atoms with E-state index in [2.05, 4.69) is 39.2 Å². The average Bonchev–Trinajstić information content (AvgIpc) is 3.22. The molecule has 0 spiro atoms. The lowest BCUT2D eigenvalue weighted by atomic mass is 10.0. The standard InChI is InChI=1S/C39H52N2O8Si/c1-37(2,3)48-36(44)41-24-14-23-39(49-50(9,10)38(4,5)6,26-33(41)40-34(42)28-15-12-11-13-16-28)47-35(43)29-19-17-27(18-20-29)30-21-22-31(45-7)32(25-30)46-8/h11-13,15-22,25,33H,14,23-24,26H2,1-10H3,(H,40,42). The van der Waals surface area contributed by atoms with E-state index in [1.54, 1.807) is 71.4 Å². The third-order valence-corrected chi connectivity index (χ3v) is 13.7. The third-order valence-electron chi connectivity index (χ3n) is 9.16. The van der Waals surface area contributed by atoms with E-state index in [-0.39, 0.29) is 23.9 Å². The van der Waals surface area contributed by atoms with Crippen LogP contribution in [-0.2, 0) is 13.9 Å². The summed E-state index contributed by atoms with van der Waals surface area (Å²) in [6, 6.07) is 21.5. The molecular weight excluding hydrogens is 653 g/mol. The molecule has 0 aromatic heterocycles. The summed E-state index contributed by atoms with van der Waals surface area (Å²) < 4.78 is 30.1. The zero-order valence-corrected chi connectivity index (χ0v) is 32.0. The molecule has 0 saturated carbocycles. The molecule has 1 fully saturated rings. The van der Waals surface area contributed by atoms with Crippen LogP contribution in [0.2, 0.25) is 18.1 Å². The van der Waals surface area contributed by atoms with E-state index in [0.717, 1.165) is 11.1 Å². The Bertz CT molecular complexity index is 1650. The number of likely N-dealkylation sites (tertiary alicyclic amines) is 1. The molecule has 3 aromatic carbocycles. The van der Waals surface area contributed by atoms with Gasteiger partial charge in [-0.3, -0.25) is 9.69 Å². The lowest BCUT2D eigenvalue weighted by Crippen LogP contribution is -2.57. The maximum absolute atomic E-state index is 14.0. The number of esters is 1. The molecule has 1 saturated heterocycles. The molecule has 50 heavy (non-hydrogen) atoms. The summed E-state index contributed by atoms with van der Waals surface area (Å²) in [5.74, 6) is -1.17. The van der Waals surface area contributed by atoms with Gasteiger partial charge < -0.3 is 28.7 Å². The van der Waals surface area contributed by atoms with Gasteiger partial charge in [0.15, 0.2) is 19.8 Å². The minimum atomic E-state index is -2.59. The van der Waals surface area contributed by atoms with Gasteiger partial charge in [0.2, 0.25) is 5.79 Å². The lowest BCUT2D eigenvalue weighted by molar-refractivity contribution is -0.166. The van der Waals surface area contributed by atoms with Gasteiger partial charge in [-0.05, 0) is 92.8 Å². The molecule has 2 amide bonds. The molecular formula is C39H52N2O8Si. The highest BCUT2D eigenvalue weighted by atomic mass is 28.4. The fraction of sp³-hybridized carbons (Fsp3) is 0.462. The van der Waals surface area contributed by atoms with Gasteiger partial charge in [-0.15, -0.1) is 0 Å². The predicted molar refractivity (Wildman–Crippen MR) is 196 cm³/mol. The summed E-state index contributed by atoms with van der Waals surface area (Å²) in [4.78, 5) is 42.7. The van der Waals surface area contributed by atoms with Crippen LogP contribution in [0.4, 0.5) is 4.79 Å². The quantitative estimate of drug-likeness (QED) is 0.134. The van der Waals surface area contributed by atoms with E-state index in [1.807, 2.05) is 36.4 Å². The average molecular weight is 705 g/mol. The third kappa shape index (κ3) is 9.45. The normalized spacial score (nSPS) is 18.4. The maximum Gasteiger partial charge on any atom is 0.411 e. The van der Waals surface area contributed by atoms with Crippen LogP contribution in [0.15, 0.2) is 72.8 Å². The van der Waals surface area contributed by atoms with E-state index in [4.69, 9.17) is 23.4 Å². The summed E-state index contributed by atoms with van der Waals surface area (Å²) in [7, 11) is 0.577. The lowest BCUT2D eigenvalue weighted by Gasteiger charge is -2.45. The highest BCUT2D eigenvalue weighted by Crippen LogP contribution is 2.43. The molecule has 270 valence electrons. The molecule has 10 nitrogen and oxygen atoms in total. The summed E-state index contributed by atoms with van der Waals surface area (Å²) in [6.45, 7) is 16.2. The first kappa shape index (κ1) is 38.4. The van der Waals surface area contributed by atoms with Gasteiger partial charge in [0.25, 0.3) is 5.91 Å². The van der Waals surface area contributed by atoms with Gasteiger partial charge >= 0.3 is 12.1 Å². The Labute approximate surface area is 297 Å². The summed E-state index contributed by atoms with van der Waals surface area (Å²) in [6.07, 6.45) is -0.711. The summed E-state index contributed by atoms with van der Waals surface area (Å²) >= 11 is 0. The van der Waals surface area contributed by atoms with E-state index >= 15 is 0 Å². The van der Waals surface area contributed by atoms with Crippen LogP contribution < -0.4 is 14.8 Å². The zero-order valence-electron chi connectivity index (χ0n) is 31.0. The van der Waals surface area contributed by atoms with Crippen molar-refractivity contribution in [2.45, 2.75) is 96.5 Å². The Morgan fingerprint density at radius 1 is 0.820 bits per heavy atom. The van der Waals surface area contributed by atoms with Crippen LogP contribution in [-0.4, -0.2) is 69.5 Å². The Kier molecular flexibility index (Phi) is 11.7. The van der Waals surface area contributed by atoms with Crippen LogP contribution in [0.5, 0.6) is 11.5 Å². The second-order valence-corrected chi connectivity index (χ2v) is 19.9. The number of carbonyl (C=O) groups is 3. The second kappa shape index (κ2) is 15.3. The molecule has 1 aliphatic rings. The van der Waals surface area contributed by atoms with Gasteiger partial charge in [0.1, 0.15) is 11.8 Å². The number of methoxy groups -OCH3 is 2. The molecule has 11 heteroatoms. The molecule has 1 aliphatic heterocycles. The van der Waals surface area contributed by atoms with Crippen LogP contribution >= 0.6 is 0 Å². The molecule has 0 radical (unpaired) electrons. The maximum atomic E-state index is 14.0. The number of carbonyl (C=O) groups excluding carboxylic acids is 3. The van der Waals surface area contributed by atoms with Crippen molar-refractivity contribution in [3.63, 3.8) is 0 Å². The minimum absolute atomic E-state index is 0.00674. The van der Waals surface area contributed by atoms with Crippen molar-refractivity contribution < 1.29 is 37.8 Å². The predicted octanol–water partition coefficient (Wildman–Crippen LogP) is 8.42. The zero-order chi connectivity index (χ0) is 36.9. The smallest absolute Gasteiger partial charge is 0.411 e. The van der Waals surface area contributed by atoms with Gasteiger partial charge in [-0.2, -0.15) is 0 Å². The molecule has 2 unspecified atom stereocenters. The Balaban J connectivity index is 1.71. The number of amides is 2. The largest absolute Gasteiger partial charge is 0.493 e. The highest BCUT2D eigenvalue weighted by molar-refractivity contribution is 6.74. The number of rotatable bonds is 9. The number of benzene rings is 3. The van der Waals surface area contributed by atoms with Crippen LogP contribution in [0.1, 0.15) is 81.5 Å². The molecule has 0 aliphatic carbocycles. The van der Waals surface area contributed by atoms with Crippen molar-refractivity contribution in [3.8, 4) is 22.6 Å². The molecule has 3 aromatic rings. The van der Waals surface area contributed by atoms with Crippen LogP contribution in [0.3, 0.4) is 0 Å². The Hall–Kier alpha value is -4.35. The van der Waals surface area contributed by atoms with Gasteiger partial charge in [-0.1, -0.05) is 57.2 Å². The van der Waals surface area contributed by atoms with E-state index in [9.17, 15) is 14.4 Å². The van der Waals surface area contributed by atoms with Gasteiger partial charge in [0, 0.05) is 18.5 Å². The summed E-state index contributed by atoms with van der Waals surface area (Å²) in [5, 5.41) is 2.81. The number of ether oxygens (including phenoxy) is 4. The van der Waals surface area contributed by atoms with Crippen molar-refractivity contribution in [2.24, 2.45) is 0 Å². The first-order chi connectivity index (χ1) is 23.4. The SMILES string of the molecule is COc1ccc(-c2ccc(C(=O)OC3(O[Si](C)(C)C(C)(C)C)CCCN(C(=O)OC(C)(C)C)C(NC(=O)c4ccccc4)C3)cc2)cc1OC. The number of hydrogen-bond donors (Lipinski definition) is 1. The molecule has 1 heterocycles. The van der Waals surface area contributed by atoms with E-state index in [1.165, 1.54) is 4.90 Å². The molecule has 1 N–H and O–H groups in total. The second-order valence-electron chi connectivity index (χ2n) is 15.1. The number of nitrogens with zero attached hydrogens (tertiary/aromatic N) is 1. The monoisotopic (exact) mass is 704 g/mol. The Morgan fingerprint density at radius 3 is 2.02 bits per heavy atom. The van der Waals surface area contributed by atoms with Crippen molar-refractivity contribution in [2.75, 3.05) is 20.8 Å². The first-order valence-corrected chi connectivity index (χ1v) is 19.9. The van der Waals surface area contributed by atoms with E-state index in [0.29, 0.717) is 35.5 Å². The number of hydrogen-bond acceptors (Lipinski definition) is 8. The minimum Gasteiger partial charge on any atom is -0.493 e. The first-order valence-electron chi connectivity index (χ1n) is 17.0. The number of nitrogens with one attached hydrogen (secondary N) is 1. The fourth-order valence-corrected chi connectivity index (χ4v) is 7.00. The van der Waals surface area contributed by atoms with Crippen molar-refractivity contribution in [1.29, 1.82) is 0 Å². The van der Waals surface area contributed by atoms with Crippen LogP contribution in [0.25, 0.3) is 11.1 Å². The van der Waals surface area contributed by atoms with Crippen LogP contribution in [0, 0.1) is 0 Å². The van der Waals surface area contributed by atoms with Crippen molar-refractivity contribution >= 4 is 26.3 Å². The molecule has 0 bridgehead atoms. The van der Waals surface area contributed by atoms with Gasteiger partial charge in [-0.25, -0.2) is 9.59 Å². The van der Waals surface area contributed by atoms with Crippen molar-refractivity contribution in [1.82, 2.24) is 10.2 Å². The summed E-state index contributed by atoms with van der Waals surface area (Å²) in [5.41, 5.74) is 1.78. The van der Waals surface area contributed by atoms with Crippen molar-refractivity contribution in [3.05, 3.63) is 83.9 Å². The fourth-order valence-electron chi connectivity index (χ4n) is 5.54. The highest BCUT2D eigenvalue weighted by Gasteiger charge is 2.51. The Morgan fingerprint density at radius 2 is 1.44 bits per heavy atom.